The van der Waals surface area contributed by atoms with Crippen molar-refractivity contribution in [3.05, 3.63) is 28.2 Å². The third-order valence-corrected chi connectivity index (χ3v) is 2.80. The lowest BCUT2D eigenvalue weighted by Gasteiger charge is -2.09. The van der Waals surface area contributed by atoms with E-state index in [1.807, 2.05) is 19.0 Å². The molecule has 0 heterocycles. The van der Waals surface area contributed by atoms with Crippen LogP contribution in [0, 0.1) is 0 Å². The van der Waals surface area contributed by atoms with E-state index in [1.165, 1.54) is 12.1 Å². The lowest BCUT2D eigenvalue weighted by Crippen LogP contribution is -2.16. The summed E-state index contributed by atoms with van der Waals surface area (Å²) in [4.78, 5) is 13.6. The first-order valence-corrected chi connectivity index (χ1v) is 6.10. The minimum Gasteiger partial charge on any atom is -0.507 e. The molecule has 0 saturated carbocycles. The molecule has 94 valence electrons. The van der Waals surface area contributed by atoms with Gasteiger partial charge in [0.05, 0.1) is 16.6 Å². The van der Waals surface area contributed by atoms with Crippen molar-refractivity contribution in [2.45, 2.75) is 6.42 Å². The van der Waals surface area contributed by atoms with Gasteiger partial charge < -0.3 is 14.7 Å². The molecule has 17 heavy (non-hydrogen) atoms. The van der Waals surface area contributed by atoms with E-state index >= 15 is 0 Å². The van der Waals surface area contributed by atoms with E-state index in [9.17, 15) is 9.90 Å². The maximum Gasteiger partial charge on any atom is 0.338 e. The number of halogens is 1. The Morgan fingerprint density at radius 1 is 1.47 bits per heavy atom. The Morgan fingerprint density at radius 2 is 2.18 bits per heavy atom. The molecule has 4 nitrogen and oxygen atoms in total. The van der Waals surface area contributed by atoms with Crippen LogP contribution in [0.2, 0.25) is 0 Å². The van der Waals surface area contributed by atoms with Crippen molar-refractivity contribution in [2.24, 2.45) is 0 Å². The molecule has 0 aliphatic carbocycles. The van der Waals surface area contributed by atoms with Crippen molar-refractivity contribution in [3.63, 3.8) is 0 Å². The van der Waals surface area contributed by atoms with Crippen LogP contribution in [0.25, 0.3) is 0 Å². The van der Waals surface area contributed by atoms with Crippen LogP contribution < -0.4 is 0 Å². The molecule has 1 rings (SSSR count). The molecule has 0 aliphatic heterocycles. The summed E-state index contributed by atoms with van der Waals surface area (Å²) in [5.41, 5.74) is 0.430. The van der Waals surface area contributed by atoms with Gasteiger partial charge in [-0.05, 0) is 54.6 Å². The number of esters is 1. The van der Waals surface area contributed by atoms with E-state index in [2.05, 4.69) is 15.9 Å². The van der Waals surface area contributed by atoms with E-state index in [0.717, 1.165) is 13.0 Å². The molecule has 0 unspecified atom stereocenters. The minimum atomic E-state index is -0.371. The average molecular weight is 302 g/mol. The van der Waals surface area contributed by atoms with Gasteiger partial charge in [0.25, 0.3) is 0 Å². The summed E-state index contributed by atoms with van der Waals surface area (Å²) >= 11 is 3.15. The highest BCUT2D eigenvalue weighted by Gasteiger charge is 2.09. The van der Waals surface area contributed by atoms with Crippen molar-refractivity contribution in [2.75, 3.05) is 27.2 Å². The Bertz CT molecular complexity index is 393. The number of carbonyl (C=O) groups excluding carboxylic acids is 1. The molecular formula is C12H16BrNO3. The number of rotatable bonds is 5. The zero-order valence-electron chi connectivity index (χ0n) is 9.94. The normalized spacial score (nSPS) is 10.6. The maximum absolute atomic E-state index is 11.6. The molecule has 0 aromatic heterocycles. The SMILES string of the molecule is CN(C)CCCOC(=O)c1ccc(O)c(Br)c1. The number of ether oxygens (including phenoxy) is 1. The summed E-state index contributed by atoms with van der Waals surface area (Å²) in [6, 6.07) is 4.54. The third-order valence-electron chi connectivity index (χ3n) is 2.17. The molecule has 0 spiro atoms. The van der Waals surface area contributed by atoms with Gasteiger partial charge in [-0.1, -0.05) is 0 Å². The van der Waals surface area contributed by atoms with Crippen LogP contribution >= 0.6 is 15.9 Å². The predicted octanol–water partition coefficient (Wildman–Crippen LogP) is 2.26. The van der Waals surface area contributed by atoms with Crippen molar-refractivity contribution in [1.82, 2.24) is 4.90 Å². The fourth-order valence-corrected chi connectivity index (χ4v) is 1.64. The van der Waals surface area contributed by atoms with E-state index < -0.39 is 0 Å². The van der Waals surface area contributed by atoms with Crippen molar-refractivity contribution in [3.8, 4) is 5.75 Å². The van der Waals surface area contributed by atoms with Gasteiger partial charge in [0, 0.05) is 6.54 Å². The standard InChI is InChI=1S/C12H16BrNO3/c1-14(2)6-3-7-17-12(16)9-4-5-11(15)10(13)8-9/h4-5,8,15H,3,6-7H2,1-2H3. The summed E-state index contributed by atoms with van der Waals surface area (Å²) in [6.45, 7) is 1.28. The molecule has 5 heteroatoms. The quantitative estimate of drug-likeness (QED) is 0.669. The van der Waals surface area contributed by atoms with Crippen molar-refractivity contribution >= 4 is 21.9 Å². The van der Waals surface area contributed by atoms with Crippen LogP contribution in [0.3, 0.4) is 0 Å². The molecule has 1 aromatic carbocycles. The van der Waals surface area contributed by atoms with Crippen LogP contribution in [0.5, 0.6) is 5.75 Å². The zero-order valence-corrected chi connectivity index (χ0v) is 11.5. The minimum absolute atomic E-state index is 0.106. The summed E-state index contributed by atoms with van der Waals surface area (Å²) in [5.74, 6) is -0.265. The summed E-state index contributed by atoms with van der Waals surface area (Å²) in [5, 5.41) is 9.30. The Balaban J connectivity index is 2.44. The van der Waals surface area contributed by atoms with Crippen molar-refractivity contribution in [1.29, 1.82) is 0 Å². The number of phenolic OH excluding ortho intramolecular Hbond substituents is 1. The molecule has 0 radical (unpaired) electrons. The Morgan fingerprint density at radius 3 is 2.76 bits per heavy atom. The van der Waals surface area contributed by atoms with E-state index in [0.29, 0.717) is 16.6 Å². The molecule has 0 aliphatic rings. The first kappa shape index (κ1) is 14.0. The Hall–Kier alpha value is -1.07. The van der Waals surface area contributed by atoms with Gasteiger partial charge in [0.1, 0.15) is 5.75 Å². The largest absolute Gasteiger partial charge is 0.507 e. The lowest BCUT2D eigenvalue weighted by atomic mass is 10.2. The van der Waals surface area contributed by atoms with Gasteiger partial charge in [-0.15, -0.1) is 0 Å². The van der Waals surface area contributed by atoms with E-state index in [1.54, 1.807) is 6.07 Å². The summed E-state index contributed by atoms with van der Waals surface area (Å²) in [7, 11) is 3.94. The van der Waals surface area contributed by atoms with Crippen LogP contribution in [-0.4, -0.2) is 43.2 Å². The molecule has 0 bridgehead atoms. The third kappa shape index (κ3) is 4.75. The lowest BCUT2D eigenvalue weighted by molar-refractivity contribution is 0.0493. The summed E-state index contributed by atoms with van der Waals surface area (Å²) in [6.07, 6.45) is 0.804. The second-order valence-corrected chi connectivity index (χ2v) is 4.81. The second-order valence-electron chi connectivity index (χ2n) is 3.96. The first-order chi connectivity index (χ1) is 8.00. The molecule has 0 atom stereocenters. The molecule has 0 saturated heterocycles. The molecule has 1 aromatic rings. The fraction of sp³-hybridized carbons (Fsp3) is 0.417. The number of carbonyl (C=O) groups is 1. The van der Waals surface area contributed by atoms with Gasteiger partial charge in [-0.2, -0.15) is 0 Å². The van der Waals surface area contributed by atoms with E-state index in [4.69, 9.17) is 4.74 Å². The maximum atomic E-state index is 11.6. The van der Waals surface area contributed by atoms with Gasteiger partial charge in [-0.3, -0.25) is 0 Å². The number of hydrogen-bond acceptors (Lipinski definition) is 4. The molecule has 0 amide bonds. The highest BCUT2D eigenvalue weighted by molar-refractivity contribution is 9.10. The second kappa shape index (κ2) is 6.61. The highest BCUT2D eigenvalue weighted by atomic mass is 79.9. The Labute approximate surface area is 109 Å². The molecule has 0 fully saturated rings. The molecule has 1 N–H and O–H groups in total. The van der Waals surface area contributed by atoms with Crippen LogP contribution in [0.1, 0.15) is 16.8 Å². The number of benzene rings is 1. The van der Waals surface area contributed by atoms with Crippen LogP contribution in [-0.2, 0) is 4.74 Å². The fourth-order valence-electron chi connectivity index (χ4n) is 1.26. The number of nitrogens with zero attached hydrogens (tertiary/aromatic N) is 1. The van der Waals surface area contributed by atoms with Gasteiger partial charge in [-0.25, -0.2) is 4.79 Å². The van der Waals surface area contributed by atoms with Gasteiger partial charge in [0.2, 0.25) is 0 Å². The predicted molar refractivity (Wildman–Crippen MR) is 69.3 cm³/mol. The van der Waals surface area contributed by atoms with Crippen LogP contribution in [0.4, 0.5) is 0 Å². The van der Waals surface area contributed by atoms with Crippen molar-refractivity contribution < 1.29 is 14.6 Å². The highest BCUT2D eigenvalue weighted by Crippen LogP contribution is 2.24. The number of aromatic hydroxyl groups is 1. The topological polar surface area (TPSA) is 49.8 Å². The van der Waals surface area contributed by atoms with Gasteiger partial charge >= 0.3 is 5.97 Å². The average Bonchev–Trinajstić information content (AvgIpc) is 2.27. The number of phenols is 1. The van der Waals surface area contributed by atoms with E-state index in [-0.39, 0.29) is 11.7 Å². The number of hydrogen-bond donors (Lipinski definition) is 1. The van der Waals surface area contributed by atoms with Crippen LogP contribution in [0.15, 0.2) is 22.7 Å². The molecular weight excluding hydrogens is 286 g/mol. The Kier molecular flexibility index (Phi) is 5.44. The van der Waals surface area contributed by atoms with Gasteiger partial charge in [0.15, 0.2) is 0 Å². The zero-order chi connectivity index (χ0) is 12.8. The first-order valence-electron chi connectivity index (χ1n) is 5.31. The summed E-state index contributed by atoms with van der Waals surface area (Å²) < 4.78 is 5.59. The monoisotopic (exact) mass is 301 g/mol. The smallest absolute Gasteiger partial charge is 0.338 e.